The number of allylic oxidation sites excluding steroid dienone is 2. The fraction of sp³-hybridized carbons (Fsp3) is 0.118. The van der Waals surface area contributed by atoms with E-state index in [2.05, 4.69) is 0 Å². The Morgan fingerprint density at radius 1 is 1.11 bits per heavy atom. The van der Waals surface area contributed by atoms with Crippen LogP contribution in [0.3, 0.4) is 0 Å². The van der Waals surface area contributed by atoms with Gasteiger partial charge in [0.25, 0.3) is 0 Å². The average molecular weight is 251 g/mol. The maximum Gasteiger partial charge on any atom is 0.127 e. The number of benzene rings is 2. The van der Waals surface area contributed by atoms with E-state index in [1.54, 1.807) is 6.08 Å². The highest BCUT2D eigenvalue weighted by atomic mass is 16.3. The smallest absolute Gasteiger partial charge is 0.127 e. The number of phenolic OH excluding ortho intramolecular Hbond substituents is 1. The van der Waals surface area contributed by atoms with Crippen LogP contribution in [0, 0.1) is 12.3 Å². The highest BCUT2D eigenvalue weighted by Gasteiger charge is 2.10. The van der Waals surface area contributed by atoms with Gasteiger partial charge in [0.2, 0.25) is 0 Å². The zero-order valence-corrected chi connectivity index (χ0v) is 10.9. The van der Waals surface area contributed by atoms with E-state index in [9.17, 15) is 5.11 Å². The Morgan fingerprint density at radius 3 is 2.53 bits per heavy atom. The number of aromatic hydroxyl groups is 1. The molecule has 0 bridgehead atoms. The molecule has 96 valence electrons. The van der Waals surface area contributed by atoms with Gasteiger partial charge in [0, 0.05) is 17.3 Å². The zero-order valence-electron chi connectivity index (χ0n) is 10.9. The summed E-state index contributed by atoms with van der Waals surface area (Å²) >= 11 is 0. The van der Waals surface area contributed by atoms with Gasteiger partial charge in [0.05, 0.1) is 0 Å². The van der Waals surface area contributed by atoms with Gasteiger partial charge in [0.1, 0.15) is 5.75 Å². The second kappa shape index (κ2) is 6.01. The number of rotatable bonds is 4. The lowest BCUT2D eigenvalue weighted by atomic mass is 9.96. The summed E-state index contributed by atoms with van der Waals surface area (Å²) in [6.07, 6.45) is 5.43. The predicted molar refractivity (Wildman–Crippen MR) is 79.9 cm³/mol. The van der Waals surface area contributed by atoms with Crippen LogP contribution in [0.4, 0.5) is 0 Å². The monoisotopic (exact) mass is 251 g/mol. The van der Waals surface area contributed by atoms with Crippen molar-refractivity contribution in [2.75, 3.05) is 0 Å². The molecule has 0 aliphatic heterocycles. The Morgan fingerprint density at radius 2 is 1.84 bits per heavy atom. The Balaban J connectivity index is 2.45. The summed E-state index contributed by atoms with van der Waals surface area (Å²) < 4.78 is 0. The number of nitrogens with one attached hydrogen (secondary N) is 1. The van der Waals surface area contributed by atoms with Crippen molar-refractivity contribution in [2.45, 2.75) is 13.3 Å². The lowest BCUT2D eigenvalue weighted by Crippen LogP contribution is -1.91. The fourth-order valence-corrected chi connectivity index (χ4v) is 2.10. The highest BCUT2D eigenvalue weighted by molar-refractivity contribution is 5.73. The minimum absolute atomic E-state index is 0.334. The van der Waals surface area contributed by atoms with E-state index < -0.39 is 0 Å². The lowest BCUT2D eigenvalue weighted by Gasteiger charge is -2.11. The number of aryl methyl sites for hydroxylation is 1. The Hall–Kier alpha value is -2.35. The van der Waals surface area contributed by atoms with Crippen LogP contribution >= 0.6 is 0 Å². The van der Waals surface area contributed by atoms with Gasteiger partial charge in [-0.15, -0.1) is 0 Å². The molecule has 2 rings (SSSR count). The predicted octanol–water partition coefficient (Wildman–Crippen LogP) is 4.12. The molecule has 2 heteroatoms. The molecule has 0 aromatic heterocycles. The van der Waals surface area contributed by atoms with Gasteiger partial charge < -0.3 is 10.5 Å². The van der Waals surface area contributed by atoms with Crippen LogP contribution in [-0.4, -0.2) is 11.3 Å². The van der Waals surface area contributed by atoms with Crippen molar-refractivity contribution >= 4 is 6.21 Å². The molecule has 0 aliphatic carbocycles. The van der Waals surface area contributed by atoms with Crippen LogP contribution in [-0.2, 0) is 6.42 Å². The van der Waals surface area contributed by atoms with Gasteiger partial charge in [-0.2, -0.15) is 0 Å². The van der Waals surface area contributed by atoms with E-state index in [4.69, 9.17) is 5.41 Å². The summed E-state index contributed by atoms with van der Waals surface area (Å²) in [5, 5.41) is 17.4. The van der Waals surface area contributed by atoms with Crippen molar-refractivity contribution in [1.82, 2.24) is 0 Å². The second-order valence-electron chi connectivity index (χ2n) is 4.42. The van der Waals surface area contributed by atoms with E-state index in [0.717, 1.165) is 22.3 Å². The van der Waals surface area contributed by atoms with Crippen molar-refractivity contribution in [3.8, 4) is 16.9 Å². The summed E-state index contributed by atoms with van der Waals surface area (Å²) in [6, 6.07) is 13.8. The number of hydrogen-bond acceptors (Lipinski definition) is 2. The van der Waals surface area contributed by atoms with Gasteiger partial charge in [-0.1, -0.05) is 48.5 Å². The molecule has 0 saturated heterocycles. The van der Waals surface area contributed by atoms with Crippen molar-refractivity contribution in [3.63, 3.8) is 0 Å². The summed E-state index contributed by atoms with van der Waals surface area (Å²) in [5.41, 5.74) is 3.84. The molecule has 19 heavy (non-hydrogen) atoms. The maximum atomic E-state index is 10.4. The van der Waals surface area contributed by atoms with Crippen LogP contribution < -0.4 is 0 Å². The third-order valence-electron chi connectivity index (χ3n) is 3.16. The molecule has 0 heterocycles. The van der Waals surface area contributed by atoms with Crippen LogP contribution in [0.5, 0.6) is 5.75 Å². The summed E-state index contributed by atoms with van der Waals surface area (Å²) in [4.78, 5) is 0. The van der Waals surface area contributed by atoms with Crippen molar-refractivity contribution in [3.05, 3.63) is 65.7 Å². The van der Waals surface area contributed by atoms with Crippen molar-refractivity contribution in [1.29, 1.82) is 5.41 Å². The van der Waals surface area contributed by atoms with Gasteiger partial charge >= 0.3 is 0 Å². The molecule has 0 atom stereocenters. The fourth-order valence-electron chi connectivity index (χ4n) is 2.10. The summed E-state index contributed by atoms with van der Waals surface area (Å²) in [5.74, 6) is 0.334. The standard InChI is InChI=1S/C17H17NO/c1-13-10-11-16(14-7-3-2-4-8-14)17(19)15(13)9-5-6-12-18/h2-8,10-12,18-19H,9H2,1H3/b6-5-,18-12?. The van der Waals surface area contributed by atoms with Crippen molar-refractivity contribution in [2.24, 2.45) is 0 Å². The van der Waals surface area contributed by atoms with E-state index >= 15 is 0 Å². The molecule has 2 nitrogen and oxygen atoms in total. The van der Waals surface area contributed by atoms with E-state index in [0.29, 0.717) is 12.2 Å². The van der Waals surface area contributed by atoms with E-state index in [1.807, 2.05) is 55.5 Å². The molecule has 0 radical (unpaired) electrons. The minimum Gasteiger partial charge on any atom is -0.507 e. The van der Waals surface area contributed by atoms with Gasteiger partial charge in [-0.3, -0.25) is 0 Å². The third-order valence-corrected chi connectivity index (χ3v) is 3.16. The van der Waals surface area contributed by atoms with Crippen molar-refractivity contribution < 1.29 is 5.11 Å². The van der Waals surface area contributed by atoms with Gasteiger partial charge in [0.15, 0.2) is 0 Å². The summed E-state index contributed by atoms with van der Waals surface area (Å²) in [7, 11) is 0. The normalized spacial score (nSPS) is 10.8. The van der Waals surface area contributed by atoms with Crippen LogP contribution in [0.15, 0.2) is 54.6 Å². The first-order chi connectivity index (χ1) is 9.24. The molecule has 0 amide bonds. The lowest BCUT2D eigenvalue weighted by molar-refractivity contribution is 0.471. The number of phenols is 1. The Bertz CT molecular complexity index is 600. The minimum atomic E-state index is 0.334. The molecular weight excluding hydrogens is 234 g/mol. The molecule has 0 aliphatic rings. The van der Waals surface area contributed by atoms with E-state index in [1.165, 1.54) is 6.21 Å². The first kappa shape index (κ1) is 13.1. The SMILES string of the molecule is Cc1ccc(-c2ccccc2)c(O)c1C/C=C\C=N. The highest BCUT2D eigenvalue weighted by Crippen LogP contribution is 2.34. The topological polar surface area (TPSA) is 44.1 Å². The molecular formula is C17H17NO. The number of hydrogen-bond donors (Lipinski definition) is 2. The van der Waals surface area contributed by atoms with Crippen LogP contribution in [0.2, 0.25) is 0 Å². The third kappa shape index (κ3) is 2.91. The molecule has 0 unspecified atom stereocenters. The second-order valence-corrected chi connectivity index (χ2v) is 4.42. The average Bonchev–Trinajstić information content (AvgIpc) is 2.43. The van der Waals surface area contributed by atoms with Gasteiger partial charge in [-0.05, 0) is 30.5 Å². The molecule has 2 N–H and O–H groups in total. The maximum absolute atomic E-state index is 10.4. The molecule has 2 aromatic rings. The quantitative estimate of drug-likeness (QED) is 0.789. The van der Waals surface area contributed by atoms with E-state index in [-0.39, 0.29) is 0 Å². The molecule has 2 aromatic carbocycles. The van der Waals surface area contributed by atoms with Crippen LogP contribution in [0.25, 0.3) is 11.1 Å². The first-order valence-corrected chi connectivity index (χ1v) is 6.26. The van der Waals surface area contributed by atoms with Gasteiger partial charge in [-0.25, -0.2) is 0 Å². The molecule has 0 saturated carbocycles. The molecule has 0 spiro atoms. The first-order valence-electron chi connectivity index (χ1n) is 6.26. The largest absolute Gasteiger partial charge is 0.507 e. The Kier molecular flexibility index (Phi) is 4.14. The Labute approximate surface area is 113 Å². The molecule has 0 fully saturated rings. The van der Waals surface area contributed by atoms with Crippen LogP contribution in [0.1, 0.15) is 11.1 Å². The summed E-state index contributed by atoms with van der Waals surface area (Å²) in [6.45, 7) is 1.99. The zero-order chi connectivity index (χ0) is 13.7.